The van der Waals surface area contributed by atoms with E-state index in [1.165, 1.54) is 94.0 Å². The number of hydrogen-bond acceptors (Lipinski definition) is 1. The molecule has 0 unspecified atom stereocenters. The quantitative estimate of drug-likeness (QED) is 0.182. The zero-order valence-electron chi connectivity index (χ0n) is 25.9. The molecule has 0 bridgehead atoms. The van der Waals surface area contributed by atoms with Crippen molar-refractivity contribution in [3.8, 4) is 11.4 Å². The lowest BCUT2D eigenvalue weighted by molar-refractivity contribution is 1.16. The molecule has 2 aromatic heterocycles. The average Bonchev–Trinajstić information content (AvgIpc) is 3.64. The maximum absolute atomic E-state index is 2.58. The Bertz CT molecular complexity index is 2760. The van der Waals surface area contributed by atoms with Crippen molar-refractivity contribution in [1.29, 1.82) is 0 Å². The fourth-order valence-corrected chi connectivity index (χ4v) is 8.80. The lowest BCUT2D eigenvalue weighted by Gasteiger charge is -2.40. The second-order valence-electron chi connectivity index (χ2n) is 13.0. The Kier molecular flexibility index (Phi) is 4.86. The molecule has 0 radical (unpaired) electrons. The fourth-order valence-electron chi connectivity index (χ4n) is 8.80. The molecule has 11 rings (SSSR count). The van der Waals surface area contributed by atoms with E-state index >= 15 is 0 Å². The Hall–Kier alpha value is -6.00. The Labute approximate surface area is 272 Å². The molecule has 9 aromatic rings. The van der Waals surface area contributed by atoms with Gasteiger partial charge in [-0.15, -0.1) is 0 Å². The summed E-state index contributed by atoms with van der Waals surface area (Å²) in [6.45, 7) is 2.38. The number of aromatic nitrogens is 2. The monoisotopic (exact) mass is 597 g/mol. The average molecular weight is 598 g/mol. The van der Waals surface area contributed by atoms with Crippen LogP contribution in [0.1, 0.15) is 5.56 Å². The molecule has 4 heterocycles. The van der Waals surface area contributed by atoms with Crippen LogP contribution in [0.3, 0.4) is 0 Å². The van der Waals surface area contributed by atoms with Gasteiger partial charge in [-0.1, -0.05) is 91.0 Å². The van der Waals surface area contributed by atoms with Crippen LogP contribution in [0.25, 0.3) is 55.0 Å². The van der Waals surface area contributed by atoms with Crippen LogP contribution in [0.2, 0.25) is 0 Å². The molecule has 0 spiro atoms. The fraction of sp³-hybridized carbons (Fsp3) is 0.0233. The number of nitrogens with zero attached hydrogens (tertiary/aromatic N) is 3. The van der Waals surface area contributed by atoms with Crippen molar-refractivity contribution in [2.24, 2.45) is 0 Å². The van der Waals surface area contributed by atoms with Gasteiger partial charge < -0.3 is 14.0 Å². The third-order valence-corrected chi connectivity index (χ3v) is 10.5. The molecule has 47 heavy (non-hydrogen) atoms. The molecule has 0 saturated heterocycles. The summed E-state index contributed by atoms with van der Waals surface area (Å²) in [6.07, 6.45) is 0. The molecular weight excluding hydrogens is 569 g/mol. The van der Waals surface area contributed by atoms with E-state index in [9.17, 15) is 0 Å². The van der Waals surface area contributed by atoms with Gasteiger partial charge >= 0.3 is 0 Å². The maximum atomic E-state index is 2.58. The van der Waals surface area contributed by atoms with Gasteiger partial charge in [-0.05, 0) is 89.5 Å². The molecular formula is C43H28BN3. The lowest BCUT2D eigenvalue weighted by atomic mass is 9.34. The Morgan fingerprint density at radius 3 is 1.89 bits per heavy atom. The standard InChI is InChI=1S/C43H28BN3/c1-27-25-38-42-39(26-27)47-37-24-23-36-40(30-17-8-10-21-34(30)45(36)28-13-4-2-5-14-28)41(37)31-18-12-20-33(43(31)47)44(42)32-19-9-11-22-35(32)46(38)29-15-6-3-7-16-29/h2-26H,1H3. The minimum atomic E-state index is 0.137. The Morgan fingerprint density at radius 1 is 0.447 bits per heavy atom. The van der Waals surface area contributed by atoms with Crippen LogP contribution < -0.4 is 21.3 Å². The van der Waals surface area contributed by atoms with Crippen molar-refractivity contribution < 1.29 is 0 Å². The molecule has 2 aliphatic rings. The topological polar surface area (TPSA) is 13.1 Å². The Balaban J connectivity index is 1.33. The van der Waals surface area contributed by atoms with Crippen LogP contribution in [-0.4, -0.2) is 15.8 Å². The second-order valence-corrected chi connectivity index (χ2v) is 13.0. The molecule has 0 atom stereocenters. The molecule has 0 fully saturated rings. The largest absolute Gasteiger partial charge is 0.311 e. The minimum absolute atomic E-state index is 0.137. The van der Waals surface area contributed by atoms with E-state index in [1.54, 1.807) is 0 Å². The van der Waals surface area contributed by atoms with Gasteiger partial charge in [-0.2, -0.15) is 0 Å². The Morgan fingerprint density at radius 2 is 1.06 bits per heavy atom. The van der Waals surface area contributed by atoms with Gasteiger partial charge in [0, 0.05) is 55.5 Å². The van der Waals surface area contributed by atoms with E-state index in [2.05, 4.69) is 173 Å². The first-order valence-corrected chi connectivity index (χ1v) is 16.4. The maximum Gasteiger partial charge on any atom is 0.252 e. The van der Waals surface area contributed by atoms with E-state index in [0.29, 0.717) is 0 Å². The molecule has 0 N–H and O–H groups in total. The molecule has 2 aliphatic heterocycles. The summed E-state index contributed by atoms with van der Waals surface area (Å²) in [5.41, 5.74) is 16.6. The van der Waals surface area contributed by atoms with E-state index < -0.39 is 0 Å². The summed E-state index contributed by atoms with van der Waals surface area (Å²) >= 11 is 0. The van der Waals surface area contributed by atoms with Crippen molar-refractivity contribution in [3.63, 3.8) is 0 Å². The normalized spacial score (nSPS) is 13.1. The van der Waals surface area contributed by atoms with Gasteiger partial charge in [-0.25, -0.2) is 0 Å². The molecule has 0 saturated carbocycles. The molecule has 4 heteroatoms. The van der Waals surface area contributed by atoms with Gasteiger partial charge in [0.1, 0.15) is 0 Å². The van der Waals surface area contributed by atoms with Crippen molar-refractivity contribution in [1.82, 2.24) is 9.13 Å². The molecule has 3 nitrogen and oxygen atoms in total. The van der Waals surface area contributed by atoms with E-state index in [1.807, 2.05) is 0 Å². The van der Waals surface area contributed by atoms with Crippen molar-refractivity contribution in [2.75, 3.05) is 4.90 Å². The van der Waals surface area contributed by atoms with E-state index in [4.69, 9.17) is 0 Å². The van der Waals surface area contributed by atoms with Gasteiger partial charge in [0.15, 0.2) is 0 Å². The van der Waals surface area contributed by atoms with Gasteiger partial charge in [-0.3, -0.25) is 0 Å². The summed E-state index contributed by atoms with van der Waals surface area (Å²) in [5.74, 6) is 0. The lowest BCUT2D eigenvalue weighted by Crippen LogP contribution is -2.60. The van der Waals surface area contributed by atoms with Crippen LogP contribution in [0.4, 0.5) is 17.1 Å². The third kappa shape index (κ3) is 3.17. The predicted molar refractivity (Wildman–Crippen MR) is 199 cm³/mol. The van der Waals surface area contributed by atoms with Crippen LogP contribution in [0.15, 0.2) is 152 Å². The highest BCUT2D eigenvalue weighted by Gasteiger charge is 2.42. The summed E-state index contributed by atoms with van der Waals surface area (Å²) in [7, 11) is 0. The highest BCUT2D eigenvalue weighted by Crippen LogP contribution is 2.45. The zero-order valence-corrected chi connectivity index (χ0v) is 25.9. The molecule has 7 aromatic carbocycles. The van der Waals surface area contributed by atoms with Crippen LogP contribution in [0, 0.1) is 6.92 Å². The smallest absolute Gasteiger partial charge is 0.252 e. The highest BCUT2D eigenvalue weighted by atomic mass is 15.2. The van der Waals surface area contributed by atoms with Gasteiger partial charge in [0.05, 0.1) is 16.6 Å². The molecule has 0 amide bonds. The first-order chi connectivity index (χ1) is 23.3. The summed E-state index contributed by atoms with van der Waals surface area (Å²) in [4.78, 5) is 2.47. The third-order valence-electron chi connectivity index (χ3n) is 10.5. The van der Waals surface area contributed by atoms with Crippen LogP contribution in [0.5, 0.6) is 0 Å². The van der Waals surface area contributed by atoms with Crippen LogP contribution >= 0.6 is 0 Å². The number of benzene rings is 7. The van der Waals surface area contributed by atoms with Crippen molar-refractivity contribution in [3.05, 3.63) is 157 Å². The van der Waals surface area contributed by atoms with E-state index in [0.717, 1.165) is 0 Å². The number of para-hydroxylation sites is 5. The predicted octanol–water partition coefficient (Wildman–Crippen LogP) is 8.80. The highest BCUT2D eigenvalue weighted by molar-refractivity contribution is 7.00. The van der Waals surface area contributed by atoms with Gasteiger partial charge in [0.2, 0.25) is 0 Å². The SMILES string of the molecule is Cc1cc2c3c(c1)-n1c4ccc5c(c6ccccc6n5-c5ccccc5)c4c4cccc(c41)B3c1ccccc1N2c1ccccc1. The first-order valence-electron chi connectivity index (χ1n) is 16.4. The number of hydrogen-bond donors (Lipinski definition) is 0. The number of aryl methyl sites for hydroxylation is 1. The summed E-state index contributed by atoms with van der Waals surface area (Å²) in [5, 5.41) is 5.24. The minimum Gasteiger partial charge on any atom is -0.311 e. The molecule has 0 aliphatic carbocycles. The number of anilines is 3. The van der Waals surface area contributed by atoms with Gasteiger partial charge in [0.25, 0.3) is 6.71 Å². The number of rotatable bonds is 2. The van der Waals surface area contributed by atoms with E-state index in [-0.39, 0.29) is 6.71 Å². The first kappa shape index (κ1) is 25.2. The molecule has 218 valence electrons. The van der Waals surface area contributed by atoms with Crippen molar-refractivity contribution >= 4 is 83.8 Å². The van der Waals surface area contributed by atoms with Crippen molar-refractivity contribution in [2.45, 2.75) is 6.92 Å². The second kappa shape index (κ2) is 9.05. The summed E-state index contributed by atoms with van der Waals surface area (Å²) in [6, 6.07) is 56.0. The zero-order chi connectivity index (χ0) is 30.8. The summed E-state index contributed by atoms with van der Waals surface area (Å²) < 4.78 is 5.01. The number of fused-ring (bicyclic) bond motifs is 11. The van der Waals surface area contributed by atoms with Crippen LogP contribution in [-0.2, 0) is 0 Å².